The molecule has 0 spiro atoms. The van der Waals surface area contributed by atoms with Crippen LogP contribution >= 0.6 is 11.6 Å². The van der Waals surface area contributed by atoms with Gasteiger partial charge in [-0.2, -0.15) is 0 Å². The highest BCUT2D eigenvalue weighted by Crippen LogP contribution is 2.32. The number of nitrogens with zero attached hydrogens (tertiary/aromatic N) is 2. The first-order chi connectivity index (χ1) is 13.7. The first-order valence-electron chi connectivity index (χ1n) is 8.18. The smallest absolute Gasteiger partial charge is 0.360 e. The molecule has 0 aliphatic rings. The summed E-state index contributed by atoms with van der Waals surface area (Å²) in [6.07, 6.45) is 1.10. The largest absolute Gasteiger partial charge is 0.464 e. The van der Waals surface area contributed by atoms with Crippen molar-refractivity contribution in [1.82, 2.24) is 10.2 Å². The van der Waals surface area contributed by atoms with Crippen LogP contribution in [0, 0.1) is 5.82 Å². The molecule has 3 aromatic rings. The summed E-state index contributed by atoms with van der Waals surface area (Å²) in [5, 5.41) is 10.8. The maximum atomic E-state index is 14.3. The average molecular weight is 436 g/mol. The van der Waals surface area contributed by atoms with Crippen molar-refractivity contribution in [3.8, 4) is 11.3 Å². The number of hydrogen-bond donors (Lipinski definition) is 1. The van der Waals surface area contributed by atoms with Crippen LogP contribution in [0.15, 0.2) is 53.4 Å². The molecular weight excluding hydrogens is 421 g/mol. The molecule has 1 heterocycles. The fraction of sp³-hybridized carbons (Fsp3) is 0.105. The lowest BCUT2D eigenvalue weighted by atomic mass is 10.1. The Morgan fingerprint density at radius 2 is 1.83 bits per heavy atom. The fourth-order valence-corrected chi connectivity index (χ4v) is 3.43. The summed E-state index contributed by atoms with van der Waals surface area (Å²) in [6, 6.07) is 11.5. The van der Waals surface area contributed by atoms with Crippen molar-refractivity contribution in [3.63, 3.8) is 0 Å². The Bertz CT molecular complexity index is 1160. The van der Waals surface area contributed by atoms with E-state index in [1.165, 1.54) is 55.6 Å². The molecule has 0 saturated carbocycles. The van der Waals surface area contributed by atoms with E-state index in [1.54, 1.807) is 0 Å². The van der Waals surface area contributed by atoms with Crippen LogP contribution in [-0.2, 0) is 14.6 Å². The zero-order valence-electron chi connectivity index (χ0n) is 15.3. The van der Waals surface area contributed by atoms with Crippen molar-refractivity contribution in [1.29, 1.82) is 0 Å². The van der Waals surface area contributed by atoms with Crippen LogP contribution in [0.25, 0.3) is 11.3 Å². The number of rotatable bonds is 5. The molecule has 2 aromatic carbocycles. The zero-order valence-corrected chi connectivity index (χ0v) is 16.9. The lowest BCUT2D eigenvalue weighted by Gasteiger charge is -2.12. The molecule has 3 rings (SSSR count). The third-order valence-electron chi connectivity index (χ3n) is 3.95. The molecule has 1 N–H and O–H groups in total. The standard InChI is InChI=1S/C19H15ClFN3O4S/c1-28-19(25)18-16(22-11-6-8-12(9-7-11)29(2,26)27)10-15(23-24-18)17-13(20)4-3-5-14(17)21/h3-10H,1-2H3,(H,22,23). The molecule has 150 valence electrons. The van der Waals surface area contributed by atoms with E-state index in [-0.39, 0.29) is 32.6 Å². The Balaban J connectivity index is 2.07. The van der Waals surface area contributed by atoms with Crippen molar-refractivity contribution >= 4 is 38.8 Å². The number of aromatic nitrogens is 2. The first-order valence-corrected chi connectivity index (χ1v) is 10.4. The summed E-state index contributed by atoms with van der Waals surface area (Å²) in [4.78, 5) is 12.2. The highest BCUT2D eigenvalue weighted by molar-refractivity contribution is 7.90. The van der Waals surface area contributed by atoms with Crippen LogP contribution in [0.2, 0.25) is 5.02 Å². The van der Waals surface area contributed by atoms with Crippen molar-refractivity contribution in [2.24, 2.45) is 0 Å². The van der Waals surface area contributed by atoms with Gasteiger partial charge >= 0.3 is 5.97 Å². The molecule has 0 saturated heterocycles. The van der Waals surface area contributed by atoms with Gasteiger partial charge in [0.15, 0.2) is 15.5 Å². The average Bonchev–Trinajstić information content (AvgIpc) is 2.67. The van der Waals surface area contributed by atoms with E-state index >= 15 is 0 Å². The summed E-state index contributed by atoms with van der Waals surface area (Å²) < 4.78 is 42.2. The lowest BCUT2D eigenvalue weighted by Crippen LogP contribution is -2.10. The quantitative estimate of drug-likeness (QED) is 0.607. The van der Waals surface area contributed by atoms with Gasteiger partial charge in [-0.05, 0) is 42.5 Å². The number of methoxy groups -OCH3 is 1. The fourth-order valence-electron chi connectivity index (χ4n) is 2.54. The van der Waals surface area contributed by atoms with Crippen molar-refractivity contribution in [2.45, 2.75) is 4.90 Å². The Morgan fingerprint density at radius 3 is 2.41 bits per heavy atom. The van der Waals surface area contributed by atoms with E-state index in [4.69, 9.17) is 16.3 Å². The van der Waals surface area contributed by atoms with Crippen LogP contribution in [0.5, 0.6) is 0 Å². The van der Waals surface area contributed by atoms with Crippen LogP contribution in [0.1, 0.15) is 10.5 Å². The number of halogens is 2. The van der Waals surface area contributed by atoms with E-state index in [9.17, 15) is 17.6 Å². The molecule has 10 heteroatoms. The highest BCUT2D eigenvalue weighted by atomic mass is 35.5. The molecule has 1 aromatic heterocycles. The minimum Gasteiger partial charge on any atom is -0.464 e. The van der Waals surface area contributed by atoms with Gasteiger partial charge in [0.25, 0.3) is 0 Å². The van der Waals surface area contributed by atoms with Crippen molar-refractivity contribution in [3.05, 3.63) is 65.1 Å². The van der Waals surface area contributed by atoms with Gasteiger partial charge < -0.3 is 10.1 Å². The number of carbonyl (C=O) groups is 1. The number of ether oxygens (including phenoxy) is 1. The third kappa shape index (κ3) is 4.52. The molecule has 0 amide bonds. The summed E-state index contributed by atoms with van der Waals surface area (Å²) in [6.45, 7) is 0. The number of sulfone groups is 1. The first kappa shape index (κ1) is 20.7. The van der Waals surface area contributed by atoms with E-state index < -0.39 is 21.6 Å². The Labute approximate surface area is 171 Å². The van der Waals surface area contributed by atoms with E-state index in [0.29, 0.717) is 5.69 Å². The van der Waals surface area contributed by atoms with Gasteiger partial charge in [0, 0.05) is 11.9 Å². The highest BCUT2D eigenvalue weighted by Gasteiger charge is 2.19. The second-order valence-electron chi connectivity index (χ2n) is 6.00. The molecule has 0 unspecified atom stereocenters. The molecule has 0 aliphatic heterocycles. The second-order valence-corrected chi connectivity index (χ2v) is 8.42. The number of esters is 1. The van der Waals surface area contributed by atoms with E-state index in [0.717, 1.165) is 6.26 Å². The van der Waals surface area contributed by atoms with Crippen LogP contribution in [-0.4, -0.2) is 38.0 Å². The van der Waals surface area contributed by atoms with Gasteiger partial charge in [-0.25, -0.2) is 17.6 Å². The topological polar surface area (TPSA) is 98.2 Å². The molecule has 0 radical (unpaired) electrons. The number of anilines is 2. The van der Waals surface area contributed by atoms with Gasteiger partial charge in [-0.1, -0.05) is 17.7 Å². The Morgan fingerprint density at radius 1 is 1.14 bits per heavy atom. The van der Waals surface area contributed by atoms with E-state index in [1.807, 2.05) is 0 Å². The number of hydrogen-bond acceptors (Lipinski definition) is 7. The predicted octanol–water partition coefficient (Wildman–Crippen LogP) is 3.87. The van der Waals surface area contributed by atoms with Crippen LogP contribution < -0.4 is 5.32 Å². The third-order valence-corrected chi connectivity index (χ3v) is 5.40. The monoisotopic (exact) mass is 435 g/mol. The lowest BCUT2D eigenvalue weighted by molar-refractivity contribution is 0.0594. The molecule has 0 aliphatic carbocycles. The second kappa shape index (κ2) is 8.14. The molecule has 7 nitrogen and oxygen atoms in total. The van der Waals surface area contributed by atoms with Crippen molar-refractivity contribution < 1.29 is 22.3 Å². The Hall–Kier alpha value is -3.04. The van der Waals surface area contributed by atoms with Gasteiger partial charge in [0.05, 0.1) is 34.0 Å². The number of nitrogens with one attached hydrogen (secondary N) is 1. The zero-order chi connectivity index (χ0) is 21.2. The summed E-state index contributed by atoms with van der Waals surface area (Å²) in [5.41, 5.74) is 0.676. The Kier molecular flexibility index (Phi) is 5.81. The predicted molar refractivity (Wildman–Crippen MR) is 107 cm³/mol. The maximum Gasteiger partial charge on any atom is 0.360 e. The summed E-state index contributed by atoms with van der Waals surface area (Å²) in [7, 11) is -2.16. The molecule has 0 bridgehead atoms. The van der Waals surface area contributed by atoms with Gasteiger partial charge in [0.2, 0.25) is 0 Å². The normalized spacial score (nSPS) is 11.2. The van der Waals surface area contributed by atoms with Crippen LogP contribution in [0.3, 0.4) is 0 Å². The van der Waals surface area contributed by atoms with Gasteiger partial charge in [-0.3, -0.25) is 0 Å². The van der Waals surface area contributed by atoms with Crippen LogP contribution in [0.4, 0.5) is 15.8 Å². The minimum atomic E-state index is -3.35. The molecule has 0 fully saturated rings. The minimum absolute atomic E-state index is 0.0357. The SMILES string of the molecule is COC(=O)c1nnc(-c2c(F)cccc2Cl)cc1Nc1ccc(S(C)(=O)=O)cc1. The van der Waals surface area contributed by atoms with E-state index in [2.05, 4.69) is 15.5 Å². The molecular formula is C19H15ClFN3O4S. The summed E-state index contributed by atoms with van der Waals surface area (Å²) >= 11 is 6.09. The number of benzene rings is 2. The molecule has 29 heavy (non-hydrogen) atoms. The maximum absolute atomic E-state index is 14.3. The molecule has 0 atom stereocenters. The summed E-state index contributed by atoms with van der Waals surface area (Å²) in [5.74, 6) is -1.35. The van der Waals surface area contributed by atoms with Gasteiger partial charge in [0.1, 0.15) is 5.82 Å². The number of carbonyl (C=O) groups excluding carboxylic acids is 1. The van der Waals surface area contributed by atoms with Crippen molar-refractivity contribution in [2.75, 3.05) is 18.7 Å². The van der Waals surface area contributed by atoms with Gasteiger partial charge in [-0.15, -0.1) is 10.2 Å².